The lowest BCUT2D eigenvalue weighted by Crippen LogP contribution is -2.44. The van der Waals surface area contributed by atoms with E-state index >= 15 is 0 Å². The van der Waals surface area contributed by atoms with Crippen LogP contribution in [0.25, 0.3) is 11.0 Å². The topological polar surface area (TPSA) is 94.8 Å². The van der Waals surface area contributed by atoms with E-state index in [1.807, 2.05) is 67.6 Å². The molecule has 0 unspecified atom stereocenters. The Bertz CT molecular complexity index is 1490. The van der Waals surface area contributed by atoms with Gasteiger partial charge < -0.3 is 19.2 Å². The first kappa shape index (κ1) is 24.3. The minimum Gasteiger partial charge on any atom is -0.445 e. The van der Waals surface area contributed by atoms with Crippen molar-refractivity contribution in [3.05, 3.63) is 111 Å². The Balaban J connectivity index is 1.41. The van der Waals surface area contributed by atoms with E-state index in [2.05, 4.69) is 5.32 Å². The molecule has 0 aliphatic heterocycles. The Labute approximate surface area is 214 Å². The molecule has 7 nitrogen and oxygen atoms in total. The summed E-state index contributed by atoms with van der Waals surface area (Å²) in [6, 6.07) is 21.2. The largest absolute Gasteiger partial charge is 0.445 e. The Kier molecular flexibility index (Phi) is 7.03. The van der Waals surface area contributed by atoms with E-state index in [0.717, 1.165) is 28.7 Å². The molecule has 1 aliphatic rings. The lowest BCUT2D eigenvalue weighted by atomic mass is 10.0. The number of fused-ring (bicyclic) bond motifs is 3. The van der Waals surface area contributed by atoms with Crippen molar-refractivity contribution in [3.8, 4) is 5.75 Å². The van der Waals surface area contributed by atoms with Crippen molar-refractivity contribution >= 4 is 23.0 Å². The molecule has 37 heavy (non-hydrogen) atoms. The second kappa shape index (κ2) is 10.7. The molecule has 0 fully saturated rings. The normalized spacial score (nSPS) is 13.1. The van der Waals surface area contributed by atoms with Gasteiger partial charge in [-0.15, -0.1) is 0 Å². The molecule has 5 rings (SSSR count). The number of rotatable bonds is 7. The Hall–Kier alpha value is -4.39. The average Bonchev–Trinajstić information content (AvgIpc) is 3.39. The van der Waals surface area contributed by atoms with E-state index in [9.17, 15) is 14.4 Å². The Morgan fingerprint density at radius 2 is 1.62 bits per heavy atom. The standard InChI is InChI=1S/C30H27NO6/c1-19-15-25-27(22-13-8-14-23(22)28(32)36-25)26(16-19)37-29(33)24(17-20-9-4-2-5-10-20)31-30(34)35-18-21-11-6-3-7-12-21/h2-7,9-12,15-16,24H,8,13-14,17-18H2,1H3,(H,31,34)/t24-/m1/s1. The van der Waals surface area contributed by atoms with Gasteiger partial charge in [-0.2, -0.15) is 0 Å². The van der Waals surface area contributed by atoms with Crippen LogP contribution in [-0.4, -0.2) is 18.1 Å². The molecule has 1 N–H and O–H groups in total. The molecular weight excluding hydrogens is 470 g/mol. The van der Waals surface area contributed by atoms with E-state index in [-0.39, 0.29) is 18.7 Å². The minimum absolute atomic E-state index is 0.0769. The fraction of sp³-hybridized carbons (Fsp3) is 0.233. The third-order valence-electron chi connectivity index (χ3n) is 6.46. The van der Waals surface area contributed by atoms with Crippen LogP contribution >= 0.6 is 0 Å². The van der Waals surface area contributed by atoms with Gasteiger partial charge in [0.1, 0.15) is 24.0 Å². The van der Waals surface area contributed by atoms with Crippen LogP contribution in [0.4, 0.5) is 4.79 Å². The van der Waals surface area contributed by atoms with Crippen molar-refractivity contribution in [1.29, 1.82) is 0 Å². The number of aryl methyl sites for hydroxylation is 2. The summed E-state index contributed by atoms with van der Waals surface area (Å²) in [4.78, 5) is 38.5. The highest BCUT2D eigenvalue weighted by atomic mass is 16.6. The number of esters is 1. The summed E-state index contributed by atoms with van der Waals surface area (Å²) in [5.41, 5.74) is 4.03. The van der Waals surface area contributed by atoms with Gasteiger partial charge in [-0.05, 0) is 60.6 Å². The summed E-state index contributed by atoms with van der Waals surface area (Å²) in [5.74, 6) is -0.315. The monoisotopic (exact) mass is 497 g/mol. The number of nitrogens with one attached hydrogen (secondary N) is 1. The van der Waals surface area contributed by atoms with Crippen molar-refractivity contribution in [2.45, 2.75) is 45.3 Å². The van der Waals surface area contributed by atoms with Gasteiger partial charge >= 0.3 is 17.7 Å². The number of amides is 1. The predicted octanol–water partition coefficient (Wildman–Crippen LogP) is 5.03. The van der Waals surface area contributed by atoms with Crippen molar-refractivity contribution in [2.24, 2.45) is 0 Å². The van der Waals surface area contributed by atoms with Gasteiger partial charge in [0.2, 0.25) is 0 Å². The zero-order valence-corrected chi connectivity index (χ0v) is 20.5. The summed E-state index contributed by atoms with van der Waals surface area (Å²) in [6.45, 7) is 1.91. The molecule has 0 spiro atoms. The lowest BCUT2D eigenvalue weighted by molar-refractivity contribution is -0.136. The second-order valence-corrected chi connectivity index (χ2v) is 9.21. The fourth-order valence-corrected chi connectivity index (χ4v) is 4.72. The van der Waals surface area contributed by atoms with Gasteiger partial charge in [0.05, 0.1) is 5.39 Å². The van der Waals surface area contributed by atoms with Crippen molar-refractivity contribution in [3.63, 3.8) is 0 Å². The summed E-state index contributed by atoms with van der Waals surface area (Å²) in [6.07, 6.45) is 1.69. The van der Waals surface area contributed by atoms with Gasteiger partial charge in [-0.25, -0.2) is 14.4 Å². The molecule has 7 heteroatoms. The number of carbonyl (C=O) groups is 2. The quantitative estimate of drug-likeness (QED) is 0.219. The molecule has 188 valence electrons. The molecule has 1 heterocycles. The van der Waals surface area contributed by atoms with E-state index in [0.29, 0.717) is 35.1 Å². The van der Waals surface area contributed by atoms with E-state index < -0.39 is 18.1 Å². The second-order valence-electron chi connectivity index (χ2n) is 9.21. The van der Waals surface area contributed by atoms with Gasteiger partial charge in [0, 0.05) is 12.0 Å². The maximum atomic E-state index is 13.5. The lowest BCUT2D eigenvalue weighted by Gasteiger charge is -2.19. The van der Waals surface area contributed by atoms with Crippen LogP contribution in [0.15, 0.2) is 82.0 Å². The fourth-order valence-electron chi connectivity index (χ4n) is 4.72. The molecule has 0 bridgehead atoms. The molecule has 0 saturated carbocycles. The molecule has 1 amide bonds. The van der Waals surface area contributed by atoms with Crippen LogP contribution in [0, 0.1) is 6.92 Å². The van der Waals surface area contributed by atoms with E-state index in [1.54, 1.807) is 12.1 Å². The summed E-state index contributed by atoms with van der Waals surface area (Å²) < 4.78 is 16.8. The maximum Gasteiger partial charge on any atom is 0.408 e. The van der Waals surface area contributed by atoms with Crippen molar-refractivity contribution in [2.75, 3.05) is 0 Å². The van der Waals surface area contributed by atoms with E-state index in [1.165, 1.54) is 0 Å². The predicted molar refractivity (Wildman–Crippen MR) is 139 cm³/mol. The molecule has 1 aliphatic carbocycles. The molecular formula is C30H27NO6. The molecule has 1 atom stereocenters. The molecule has 0 saturated heterocycles. The zero-order chi connectivity index (χ0) is 25.8. The first-order chi connectivity index (χ1) is 18.0. The number of alkyl carbamates (subject to hydrolysis) is 1. The first-order valence-electron chi connectivity index (χ1n) is 12.3. The summed E-state index contributed by atoms with van der Waals surface area (Å²) >= 11 is 0. The first-order valence-corrected chi connectivity index (χ1v) is 12.3. The van der Waals surface area contributed by atoms with Crippen LogP contribution in [0.1, 0.15) is 34.2 Å². The van der Waals surface area contributed by atoms with Crippen molar-refractivity contribution in [1.82, 2.24) is 5.32 Å². The number of hydrogen-bond acceptors (Lipinski definition) is 6. The average molecular weight is 498 g/mol. The van der Waals surface area contributed by atoms with Gasteiger partial charge in [0.15, 0.2) is 0 Å². The third kappa shape index (κ3) is 5.56. The molecule has 0 radical (unpaired) electrons. The summed E-state index contributed by atoms with van der Waals surface area (Å²) in [5, 5.41) is 3.31. The van der Waals surface area contributed by atoms with E-state index in [4.69, 9.17) is 13.9 Å². The Morgan fingerprint density at radius 3 is 2.35 bits per heavy atom. The molecule has 4 aromatic rings. The minimum atomic E-state index is -0.995. The maximum absolute atomic E-state index is 13.5. The zero-order valence-electron chi connectivity index (χ0n) is 20.5. The van der Waals surface area contributed by atoms with Crippen molar-refractivity contribution < 1.29 is 23.5 Å². The molecule has 3 aromatic carbocycles. The SMILES string of the molecule is Cc1cc(OC(=O)[C@@H](Cc2ccccc2)NC(=O)OCc2ccccc2)c2c3c(c(=O)oc2c1)CCC3. The number of ether oxygens (including phenoxy) is 2. The highest BCUT2D eigenvalue weighted by Crippen LogP contribution is 2.35. The highest BCUT2D eigenvalue weighted by Gasteiger charge is 2.27. The summed E-state index contributed by atoms with van der Waals surface area (Å²) in [7, 11) is 0. The van der Waals surface area contributed by atoms with Gasteiger partial charge in [-0.3, -0.25) is 0 Å². The van der Waals surface area contributed by atoms with Crippen LogP contribution in [0.2, 0.25) is 0 Å². The Morgan fingerprint density at radius 1 is 0.946 bits per heavy atom. The van der Waals surface area contributed by atoms with Crippen LogP contribution < -0.4 is 15.7 Å². The number of carbonyl (C=O) groups excluding carboxylic acids is 2. The van der Waals surface area contributed by atoms with Gasteiger partial charge in [-0.1, -0.05) is 60.7 Å². The number of benzene rings is 3. The van der Waals surface area contributed by atoms with Crippen LogP contribution in [0.3, 0.4) is 0 Å². The number of hydrogen-bond donors (Lipinski definition) is 1. The van der Waals surface area contributed by atoms with Crippen LogP contribution in [0.5, 0.6) is 5.75 Å². The van der Waals surface area contributed by atoms with Crippen LogP contribution in [-0.2, 0) is 35.4 Å². The third-order valence-corrected chi connectivity index (χ3v) is 6.46. The van der Waals surface area contributed by atoms with Gasteiger partial charge in [0.25, 0.3) is 0 Å². The highest BCUT2D eigenvalue weighted by molar-refractivity contribution is 5.92. The smallest absolute Gasteiger partial charge is 0.408 e. The molecule has 1 aromatic heterocycles.